The SMILES string of the molecule is C1=C\C/C=C\CCC23CN(CC/C=C\C/1)CC1C/C4=C/C/C=C\CCCCN(C2)C4CC13. The molecule has 174 valence electrons. The minimum Gasteiger partial charge on any atom is -0.302 e. The van der Waals surface area contributed by atoms with Crippen LogP contribution in [0.4, 0.5) is 0 Å². The first kappa shape index (κ1) is 22.4. The third-order valence-electron chi connectivity index (χ3n) is 8.96. The van der Waals surface area contributed by atoms with Crippen molar-refractivity contribution in [2.24, 2.45) is 17.3 Å². The lowest BCUT2D eigenvalue weighted by molar-refractivity contribution is -0.107. The fourth-order valence-electron chi connectivity index (χ4n) is 7.52. The van der Waals surface area contributed by atoms with Crippen molar-refractivity contribution >= 4 is 0 Å². The average Bonchev–Trinajstić information content (AvgIpc) is 2.84. The predicted molar refractivity (Wildman–Crippen MR) is 137 cm³/mol. The summed E-state index contributed by atoms with van der Waals surface area (Å²) in [5.74, 6) is 1.80. The van der Waals surface area contributed by atoms with Crippen LogP contribution in [0.15, 0.2) is 60.3 Å². The van der Waals surface area contributed by atoms with Crippen molar-refractivity contribution in [3.63, 3.8) is 0 Å². The Kier molecular flexibility index (Phi) is 7.49. The molecule has 5 unspecified atom stereocenters. The van der Waals surface area contributed by atoms with Gasteiger partial charge in [-0.2, -0.15) is 0 Å². The van der Waals surface area contributed by atoms with E-state index < -0.39 is 0 Å². The molecule has 0 N–H and O–H groups in total. The monoisotopic (exact) mass is 432 g/mol. The molecule has 4 heterocycles. The lowest BCUT2D eigenvalue weighted by Crippen LogP contribution is -2.65. The van der Waals surface area contributed by atoms with Crippen molar-refractivity contribution in [2.75, 3.05) is 32.7 Å². The van der Waals surface area contributed by atoms with Gasteiger partial charge in [0, 0.05) is 32.2 Å². The minimum atomic E-state index is 0.494. The Morgan fingerprint density at radius 3 is 2.44 bits per heavy atom. The van der Waals surface area contributed by atoms with Crippen LogP contribution in [0.3, 0.4) is 0 Å². The summed E-state index contributed by atoms with van der Waals surface area (Å²) in [5.41, 5.74) is 2.28. The highest BCUT2D eigenvalue weighted by Crippen LogP contribution is 2.55. The van der Waals surface area contributed by atoms with Gasteiger partial charge in [0.15, 0.2) is 0 Å². The number of hydrogen-bond acceptors (Lipinski definition) is 2. The lowest BCUT2D eigenvalue weighted by Gasteiger charge is -2.62. The number of piperidine rings is 2. The van der Waals surface area contributed by atoms with E-state index in [1.165, 1.54) is 84.1 Å². The topological polar surface area (TPSA) is 6.48 Å². The number of allylic oxidation sites excluding steroid dienone is 8. The van der Waals surface area contributed by atoms with E-state index in [9.17, 15) is 0 Å². The molecule has 32 heavy (non-hydrogen) atoms. The molecule has 1 spiro atoms. The summed E-state index contributed by atoms with van der Waals surface area (Å²) in [6.45, 7) is 6.54. The second-order valence-electron chi connectivity index (χ2n) is 11.1. The fourth-order valence-corrected chi connectivity index (χ4v) is 7.52. The summed E-state index contributed by atoms with van der Waals surface area (Å²) in [6.07, 6.45) is 35.7. The zero-order valence-electron chi connectivity index (χ0n) is 20.1. The average molecular weight is 433 g/mol. The van der Waals surface area contributed by atoms with Gasteiger partial charge >= 0.3 is 0 Å². The summed E-state index contributed by atoms with van der Waals surface area (Å²) in [6, 6.07) is 0.736. The van der Waals surface area contributed by atoms with Gasteiger partial charge in [-0.15, -0.1) is 0 Å². The quantitative estimate of drug-likeness (QED) is 0.394. The molecule has 5 rings (SSSR count). The molecule has 0 aromatic heterocycles. The highest BCUT2D eigenvalue weighted by atomic mass is 15.2. The van der Waals surface area contributed by atoms with Crippen molar-refractivity contribution in [3.8, 4) is 0 Å². The van der Waals surface area contributed by atoms with E-state index in [1.54, 1.807) is 5.57 Å². The molecule has 4 aliphatic heterocycles. The standard InChI is InChI=1S/C30H44N2/c1-2-4-7-11-15-19-31-23-27-21-26-17-13-9-5-8-12-16-20-32-25-30(24-31,18-14-10-6-3-1)28(27)22-29(26)32/h1-2,5-7,9-11,17,27-29H,3-4,8,12-16,18-25H2/b2-1-,9-5-,10-6-,11-7-,26-17-. The molecule has 0 radical (unpaired) electrons. The molecule has 1 aliphatic carbocycles. The van der Waals surface area contributed by atoms with E-state index in [1.807, 2.05) is 0 Å². The van der Waals surface area contributed by atoms with Gasteiger partial charge in [0.1, 0.15) is 0 Å². The first-order valence-electron chi connectivity index (χ1n) is 13.6. The molecule has 5 atom stereocenters. The molecule has 2 saturated heterocycles. The number of hydrogen-bond donors (Lipinski definition) is 0. The van der Waals surface area contributed by atoms with Gasteiger partial charge in [-0.3, -0.25) is 4.90 Å². The fraction of sp³-hybridized carbons (Fsp3) is 0.667. The third kappa shape index (κ3) is 5.07. The largest absolute Gasteiger partial charge is 0.302 e. The van der Waals surface area contributed by atoms with Crippen molar-refractivity contribution in [1.82, 2.24) is 9.80 Å². The van der Waals surface area contributed by atoms with E-state index in [0.29, 0.717) is 5.41 Å². The molecule has 2 nitrogen and oxygen atoms in total. The number of fused-ring (bicyclic) bond motifs is 1. The first-order valence-corrected chi connectivity index (χ1v) is 13.6. The Morgan fingerprint density at radius 2 is 1.53 bits per heavy atom. The Hall–Kier alpha value is -1.38. The van der Waals surface area contributed by atoms with Crippen LogP contribution < -0.4 is 0 Å². The molecule has 1 saturated carbocycles. The Morgan fingerprint density at radius 1 is 0.750 bits per heavy atom. The maximum absolute atomic E-state index is 2.95. The number of nitrogens with zero attached hydrogens (tertiary/aromatic N) is 2. The second-order valence-corrected chi connectivity index (χ2v) is 11.1. The maximum Gasteiger partial charge on any atom is 0.0310 e. The lowest BCUT2D eigenvalue weighted by atomic mass is 9.54. The summed E-state index contributed by atoms with van der Waals surface area (Å²) in [5, 5.41) is 0. The van der Waals surface area contributed by atoms with Crippen LogP contribution in [0.1, 0.15) is 70.6 Å². The molecule has 0 aromatic carbocycles. The van der Waals surface area contributed by atoms with Gasteiger partial charge in [0.25, 0.3) is 0 Å². The first-order chi connectivity index (χ1) is 15.8. The molecule has 0 amide bonds. The van der Waals surface area contributed by atoms with E-state index in [2.05, 4.69) is 64.5 Å². The Bertz CT molecular complexity index is 772. The van der Waals surface area contributed by atoms with Gasteiger partial charge in [-0.1, -0.05) is 60.3 Å². The predicted octanol–water partition coefficient (Wildman–Crippen LogP) is 6.69. The Labute approximate surface area is 196 Å². The maximum atomic E-state index is 2.95. The Balaban J connectivity index is 1.43. The van der Waals surface area contributed by atoms with Gasteiger partial charge < -0.3 is 4.90 Å². The summed E-state index contributed by atoms with van der Waals surface area (Å²) >= 11 is 0. The summed E-state index contributed by atoms with van der Waals surface area (Å²) in [4.78, 5) is 5.82. The highest BCUT2D eigenvalue weighted by Gasteiger charge is 2.55. The highest BCUT2D eigenvalue weighted by molar-refractivity contribution is 5.23. The van der Waals surface area contributed by atoms with Crippen molar-refractivity contribution in [3.05, 3.63) is 60.3 Å². The molecular formula is C30H44N2. The van der Waals surface area contributed by atoms with Crippen LogP contribution in [0.5, 0.6) is 0 Å². The van der Waals surface area contributed by atoms with E-state index in [-0.39, 0.29) is 0 Å². The molecular weight excluding hydrogens is 388 g/mol. The van der Waals surface area contributed by atoms with Crippen molar-refractivity contribution < 1.29 is 0 Å². The van der Waals surface area contributed by atoms with Crippen LogP contribution in [0, 0.1) is 17.3 Å². The van der Waals surface area contributed by atoms with Gasteiger partial charge in [0.2, 0.25) is 0 Å². The molecule has 5 aliphatic rings. The zero-order chi connectivity index (χ0) is 21.6. The molecule has 3 fully saturated rings. The molecule has 2 heteroatoms. The van der Waals surface area contributed by atoms with E-state index in [0.717, 1.165) is 37.1 Å². The zero-order valence-corrected chi connectivity index (χ0v) is 20.1. The third-order valence-corrected chi connectivity index (χ3v) is 8.96. The van der Waals surface area contributed by atoms with Crippen LogP contribution in [-0.4, -0.2) is 48.6 Å². The van der Waals surface area contributed by atoms with Gasteiger partial charge in [0.05, 0.1) is 0 Å². The van der Waals surface area contributed by atoms with Crippen LogP contribution in [0.2, 0.25) is 0 Å². The van der Waals surface area contributed by atoms with Crippen molar-refractivity contribution in [2.45, 2.75) is 76.7 Å². The van der Waals surface area contributed by atoms with E-state index in [4.69, 9.17) is 0 Å². The number of rotatable bonds is 0. The van der Waals surface area contributed by atoms with Crippen molar-refractivity contribution in [1.29, 1.82) is 0 Å². The summed E-state index contributed by atoms with van der Waals surface area (Å²) < 4.78 is 0. The molecule has 0 aromatic rings. The second kappa shape index (κ2) is 10.7. The smallest absolute Gasteiger partial charge is 0.0310 e. The van der Waals surface area contributed by atoms with Crippen LogP contribution in [-0.2, 0) is 0 Å². The van der Waals surface area contributed by atoms with Gasteiger partial charge in [-0.05, 0) is 94.4 Å². The van der Waals surface area contributed by atoms with E-state index >= 15 is 0 Å². The van der Waals surface area contributed by atoms with Gasteiger partial charge in [-0.25, -0.2) is 0 Å². The summed E-state index contributed by atoms with van der Waals surface area (Å²) in [7, 11) is 0. The molecule has 4 bridgehead atoms. The normalized spacial score (nSPS) is 44.4. The van der Waals surface area contributed by atoms with Crippen LogP contribution >= 0.6 is 0 Å². The minimum absolute atomic E-state index is 0.494. The van der Waals surface area contributed by atoms with Crippen LogP contribution in [0.25, 0.3) is 0 Å².